The van der Waals surface area contributed by atoms with E-state index in [9.17, 15) is 40.7 Å². The summed E-state index contributed by atoms with van der Waals surface area (Å²) < 4.78 is 121. The normalized spacial score (nSPS) is 14.6. The zero-order chi connectivity index (χ0) is 52.9. The van der Waals surface area contributed by atoms with Crippen molar-refractivity contribution in [2.45, 2.75) is 125 Å². The van der Waals surface area contributed by atoms with E-state index in [4.69, 9.17) is 35.6 Å². The van der Waals surface area contributed by atoms with Gasteiger partial charge in [0.1, 0.15) is 55.4 Å². The van der Waals surface area contributed by atoms with Gasteiger partial charge in [-0.2, -0.15) is 26.3 Å². The van der Waals surface area contributed by atoms with Crippen molar-refractivity contribution in [3.05, 3.63) is 128 Å². The van der Waals surface area contributed by atoms with E-state index in [0.717, 1.165) is 12.1 Å². The van der Waals surface area contributed by atoms with Crippen LogP contribution in [-0.4, -0.2) is 44.2 Å². The Balaban J connectivity index is 1.31. The molecule has 4 aromatic carbocycles. The Morgan fingerprint density at radius 3 is 1.38 bits per heavy atom. The highest BCUT2D eigenvalue weighted by Gasteiger charge is 2.50. The monoisotopic (exact) mass is 988 g/mol. The maximum absolute atomic E-state index is 14.1. The Kier molecular flexibility index (Phi) is 14.9. The summed E-state index contributed by atoms with van der Waals surface area (Å²) in [6.07, 6.45) is -9.98. The number of rotatable bonds is 15. The minimum atomic E-state index is -4.76. The molecule has 71 heavy (non-hydrogen) atoms. The smallest absolute Gasteiger partial charge is 0.417 e. The van der Waals surface area contributed by atoms with Crippen molar-refractivity contribution in [3.8, 4) is 33.8 Å². The average Bonchev–Trinajstić information content (AvgIpc) is 3.22. The fourth-order valence-electron chi connectivity index (χ4n) is 8.88. The maximum Gasteiger partial charge on any atom is 0.417 e. The maximum atomic E-state index is 14.1. The summed E-state index contributed by atoms with van der Waals surface area (Å²) in [7, 11) is 6.87. The summed E-state index contributed by atoms with van der Waals surface area (Å²) in [5.74, 6) is 0.0204. The molecule has 0 spiro atoms. The Bertz CT molecular complexity index is 2900. The second-order valence-corrected chi connectivity index (χ2v) is 21.7. The highest BCUT2D eigenvalue weighted by atomic mass is 19.4. The summed E-state index contributed by atoms with van der Waals surface area (Å²) >= 11 is 0. The third-order valence-corrected chi connectivity index (χ3v) is 12.4. The van der Waals surface area contributed by atoms with Gasteiger partial charge < -0.3 is 27.8 Å². The number of benzene rings is 4. The zero-order valence-corrected chi connectivity index (χ0v) is 42.0. The topological polar surface area (TPSA) is 114 Å². The molecule has 2 atom stereocenters. The number of carbonyl (C=O) groups excluding carboxylic acids is 1. The van der Waals surface area contributed by atoms with Gasteiger partial charge in [0.05, 0.1) is 27.7 Å². The summed E-state index contributed by atoms with van der Waals surface area (Å²) in [5, 5.41) is 0.520. The van der Waals surface area contributed by atoms with Crippen LogP contribution in [0.15, 0.2) is 103 Å². The number of hydrogen-bond donors (Lipinski definition) is 0. The van der Waals surface area contributed by atoms with E-state index in [1.807, 2.05) is 27.7 Å². The van der Waals surface area contributed by atoms with Crippen molar-refractivity contribution >= 4 is 35.8 Å². The van der Waals surface area contributed by atoms with Crippen LogP contribution in [0.1, 0.15) is 104 Å². The largest absolute Gasteiger partial charge is 0.491 e. The van der Waals surface area contributed by atoms with Crippen molar-refractivity contribution in [2.24, 2.45) is 16.2 Å². The minimum Gasteiger partial charge on any atom is -0.491 e. The number of hydrogen-bond acceptors (Lipinski definition) is 9. The lowest BCUT2D eigenvalue weighted by atomic mass is 9.61. The van der Waals surface area contributed by atoms with E-state index in [2.05, 4.69) is 20.8 Å². The van der Waals surface area contributed by atoms with Gasteiger partial charge in [0.25, 0.3) is 0 Å². The molecule has 2 heterocycles. The number of esters is 1. The lowest BCUT2D eigenvalue weighted by Gasteiger charge is -2.46. The first kappa shape index (κ1) is 54.3. The number of carbonyl (C=O) groups is 1. The molecule has 2 aromatic heterocycles. The first-order valence-electron chi connectivity index (χ1n) is 23.0. The summed E-state index contributed by atoms with van der Waals surface area (Å²) in [4.78, 5) is 40.2. The molecule has 0 bridgehead atoms. The van der Waals surface area contributed by atoms with Crippen LogP contribution in [0, 0.1) is 30.1 Å². The third-order valence-electron chi connectivity index (χ3n) is 12.4. The van der Waals surface area contributed by atoms with Crippen molar-refractivity contribution in [2.75, 3.05) is 13.2 Å². The van der Waals surface area contributed by atoms with Gasteiger partial charge in [0, 0.05) is 33.8 Å². The Morgan fingerprint density at radius 2 is 1.00 bits per heavy atom. The lowest BCUT2D eigenvalue weighted by Crippen LogP contribution is -2.50. The molecular formula is C55H59BF6O9. The van der Waals surface area contributed by atoms with Crippen molar-refractivity contribution in [1.29, 1.82) is 0 Å². The van der Waals surface area contributed by atoms with E-state index >= 15 is 0 Å². The van der Waals surface area contributed by atoms with Crippen molar-refractivity contribution in [3.63, 3.8) is 0 Å². The van der Waals surface area contributed by atoms with Gasteiger partial charge in [0.15, 0.2) is 0 Å². The van der Waals surface area contributed by atoms with Crippen LogP contribution in [0.5, 0.6) is 11.5 Å². The van der Waals surface area contributed by atoms with Gasteiger partial charge in [-0.25, -0.2) is 9.59 Å². The molecule has 0 aliphatic heterocycles. The fraction of sp³-hybridized carbons (Fsp3) is 0.436. The predicted molar refractivity (Wildman–Crippen MR) is 262 cm³/mol. The minimum absolute atomic E-state index is 0.00853. The van der Waals surface area contributed by atoms with E-state index in [1.54, 1.807) is 20.8 Å². The number of ether oxygens (including phenoxy) is 4. The van der Waals surface area contributed by atoms with Crippen LogP contribution in [-0.2, 0) is 26.6 Å². The van der Waals surface area contributed by atoms with Crippen LogP contribution >= 0.6 is 0 Å². The molecule has 378 valence electrons. The lowest BCUT2D eigenvalue weighted by molar-refractivity contribution is -0.183. The van der Waals surface area contributed by atoms with Crippen LogP contribution in [0.4, 0.5) is 26.3 Å². The molecular weight excluding hydrogens is 929 g/mol. The SMILES string of the molecule is [B]C(C)(CC(C)(C)OC(=O)C(C)(CC(C)(C)C)C(C)(C)C)OC(COc1ccc2oc(=O)c(-c3ccc(C)cc3C(F)(F)F)cc2c1)COc1ccc2oc(=O)c(-c3ccc(C)cc3C(F)(F)F)cc2c1. The van der Waals surface area contributed by atoms with E-state index in [1.165, 1.54) is 86.6 Å². The molecule has 2 unspecified atom stereocenters. The molecule has 9 nitrogen and oxygen atoms in total. The summed E-state index contributed by atoms with van der Waals surface area (Å²) in [6.45, 7) is 21.6. The number of halogens is 6. The number of aryl methyl sites for hydroxylation is 2. The first-order valence-corrected chi connectivity index (χ1v) is 23.0. The van der Waals surface area contributed by atoms with Gasteiger partial charge in [-0.1, -0.05) is 76.9 Å². The molecule has 0 fully saturated rings. The molecule has 0 amide bonds. The average molecular weight is 989 g/mol. The van der Waals surface area contributed by atoms with Gasteiger partial charge in [0.2, 0.25) is 0 Å². The zero-order valence-electron chi connectivity index (χ0n) is 42.0. The molecule has 6 rings (SSSR count). The van der Waals surface area contributed by atoms with E-state index < -0.39 is 68.7 Å². The Morgan fingerprint density at radius 1 is 0.577 bits per heavy atom. The third kappa shape index (κ3) is 13.1. The Hall–Kier alpha value is -6.03. The Labute approximate surface area is 410 Å². The van der Waals surface area contributed by atoms with E-state index in [0.29, 0.717) is 17.5 Å². The van der Waals surface area contributed by atoms with Gasteiger partial charge in [-0.3, -0.25) is 4.79 Å². The van der Waals surface area contributed by atoms with Gasteiger partial charge >= 0.3 is 29.6 Å². The van der Waals surface area contributed by atoms with Gasteiger partial charge in [-0.15, -0.1) is 0 Å². The standard InChI is InChI=1S/C55H59BF6O9/c1-31-13-17-38(42(21-31)54(57,58)59)40-25-33-23-35(15-19-44(33)68-46(40)63)66-27-37(70-53(12,56)30-51(9,10)71-48(65)52(11,50(6,7)8)29-49(3,4)5)28-67-36-16-20-45-34(24-36)26-41(47(64)69-45)39-18-14-32(2)22-43(39)55(60,61)62/h13-26,37H,27-30H2,1-12H3. The molecule has 0 saturated heterocycles. The second kappa shape index (κ2) is 19.5. The van der Waals surface area contributed by atoms with Crippen LogP contribution in [0.25, 0.3) is 44.2 Å². The van der Waals surface area contributed by atoms with Crippen LogP contribution < -0.4 is 20.7 Å². The molecule has 0 aliphatic carbocycles. The highest BCUT2D eigenvalue weighted by Crippen LogP contribution is 2.48. The highest BCUT2D eigenvalue weighted by molar-refractivity contribution is 6.14. The molecule has 2 radical (unpaired) electrons. The molecule has 6 aromatic rings. The van der Waals surface area contributed by atoms with E-state index in [-0.39, 0.29) is 80.7 Å². The van der Waals surface area contributed by atoms with Gasteiger partial charge in [-0.05, 0) is 119 Å². The fourth-order valence-corrected chi connectivity index (χ4v) is 8.88. The quantitative estimate of drug-likeness (QED) is 0.0429. The van der Waals surface area contributed by atoms with Crippen LogP contribution in [0.2, 0.25) is 0 Å². The molecule has 0 saturated carbocycles. The summed E-state index contributed by atoms with van der Waals surface area (Å²) in [6, 6.07) is 18.7. The van der Waals surface area contributed by atoms with Crippen LogP contribution in [0.3, 0.4) is 0 Å². The second-order valence-electron chi connectivity index (χ2n) is 21.7. The summed E-state index contributed by atoms with van der Waals surface area (Å²) in [5.41, 5.74) is -8.58. The van der Waals surface area contributed by atoms with Crippen molar-refractivity contribution in [1.82, 2.24) is 0 Å². The first-order chi connectivity index (χ1) is 32.5. The molecule has 0 aliphatic rings. The molecule has 0 N–H and O–H groups in total. The predicted octanol–water partition coefficient (Wildman–Crippen LogP) is 13.8. The molecule has 16 heteroatoms. The number of alkyl halides is 6. The number of fused-ring (bicyclic) bond motifs is 2. The van der Waals surface area contributed by atoms with Crippen molar-refractivity contribution < 1.29 is 58.9 Å².